The van der Waals surface area contributed by atoms with Crippen molar-refractivity contribution in [3.05, 3.63) is 70.5 Å². The molecule has 2 unspecified atom stereocenters. The normalized spacial score (nSPS) is 20.6. The largest absolute Gasteiger partial charge is 0.361 e. The molecular formula is C20H17BrN4O. The van der Waals surface area contributed by atoms with Crippen molar-refractivity contribution >= 4 is 43.6 Å². The lowest BCUT2D eigenvalue weighted by molar-refractivity contribution is -0.125. The fourth-order valence-electron chi connectivity index (χ4n) is 3.82. The Morgan fingerprint density at radius 1 is 0.923 bits per heavy atom. The highest BCUT2D eigenvalue weighted by Gasteiger charge is 2.31. The molecule has 1 amide bonds. The Labute approximate surface area is 158 Å². The van der Waals surface area contributed by atoms with Crippen molar-refractivity contribution in [2.45, 2.75) is 12.1 Å². The summed E-state index contributed by atoms with van der Waals surface area (Å²) in [5, 5.41) is 8.81. The van der Waals surface area contributed by atoms with Gasteiger partial charge in [0.05, 0.1) is 6.04 Å². The van der Waals surface area contributed by atoms with Gasteiger partial charge in [-0.1, -0.05) is 40.2 Å². The van der Waals surface area contributed by atoms with Gasteiger partial charge in [-0.05, 0) is 18.2 Å². The molecule has 0 radical (unpaired) electrons. The van der Waals surface area contributed by atoms with Gasteiger partial charge in [0.25, 0.3) is 0 Å². The molecule has 0 saturated carbocycles. The van der Waals surface area contributed by atoms with E-state index in [1.54, 1.807) is 0 Å². The average Bonchev–Trinajstić information content (AvgIpc) is 3.25. The van der Waals surface area contributed by atoms with Gasteiger partial charge >= 0.3 is 0 Å². The number of rotatable bonds is 2. The van der Waals surface area contributed by atoms with Crippen LogP contribution < -0.4 is 10.6 Å². The van der Waals surface area contributed by atoms with E-state index in [0.29, 0.717) is 6.54 Å². The quantitative estimate of drug-likeness (QED) is 0.405. The first-order valence-electron chi connectivity index (χ1n) is 8.57. The minimum absolute atomic E-state index is 0.00235. The fourth-order valence-corrected chi connectivity index (χ4v) is 4.18. The third-order valence-electron chi connectivity index (χ3n) is 5.09. The first-order chi connectivity index (χ1) is 12.7. The molecule has 0 spiro atoms. The van der Waals surface area contributed by atoms with Gasteiger partial charge in [0, 0.05) is 56.3 Å². The number of halogens is 1. The second-order valence-corrected chi connectivity index (χ2v) is 7.54. The van der Waals surface area contributed by atoms with Crippen LogP contribution in [0.1, 0.15) is 23.2 Å². The number of benzene rings is 2. The Bertz CT molecular complexity index is 1130. The summed E-state index contributed by atoms with van der Waals surface area (Å²) < 4.78 is 1.03. The monoisotopic (exact) mass is 408 g/mol. The van der Waals surface area contributed by atoms with Crippen molar-refractivity contribution in [1.29, 1.82) is 0 Å². The van der Waals surface area contributed by atoms with E-state index in [1.807, 2.05) is 48.8 Å². The third kappa shape index (κ3) is 2.45. The number of H-pyrrole nitrogens is 2. The highest BCUT2D eigenvalue weighted by atomic mass is 79.9. The SMILES string of the molecule is O=C1NC(c2c[nH]c3cc(Br)ccc23)CNC1c1c[nH]c2ccccc12. The van der Waals surface area contributed by atoms with Gasteiger partial charge in [0.1, 0.15) is 6.04 Å². The number of piperazine rings is 1. The second kappa shape index (κ2) is 6.00. The van der Waals surface area contributed by atoms with Crippen LogP contribution in [0, 0.1) is 0 Å². The molecule has 4 N–H and O–H groups in total. The number of amides is 1. The molecule has 1 saturated heterocycles. The van der Waals surface area contributed by atoms with Gasteiger partial charge in [-0.25, -0.2) is 0 Å². The Kier molecular flexibility index (Phi) is 3.62. The molecule has 0 aliphatic carbocycles. The van der Waals surface area contributed by atoms with Crippen molar-refractivity contribution in [3.63, 3.8) is 0 Å². The lowest BCUT2D eigenvalue weighted by Gasteiger charge is -2.30. The molecule has 2 aromatic heterocycles. The number of hydrogen-bond acceptors (Lipinski definition) is 2. The summed E-state index contributed by atoms with van der Waals surface area (Å²) in [4.78, 5) is 19.4. The Hall–Kier alpha value is -2.57. The zero-order valence-electron chi connectivity index (χ0n) is 13.8. The van der Waals surface area contributed by atoms with Crippen molar-refractivity contribution in [1.82, 2.24) is 20.6 Å². The van der Waals surface area contributed by atoms with E-state index in [9.17, 15) is 4.79 Å². The van der Waals surface area contributed by atoms with Crippen LogP contribution in [-0.2, 0) is 4.79 Å². The van der Waals surface area contributed by atoms with Gasteiger partial charge in [0.2, 0.25) is 5.91 Å². The Morgan fingerprint density at radius 3 is 2.58 bits per heavy atom. The van der Waals surface area contributed by atoms with E-state index in [1.165, 1.54) is 0 Å². The molecule has 6 heteroatoms. The maximum Gasteiger partial charge on any atom is 0.242 e. The number of fused-ring (bicyclic) bond motifs is 2. The van der Waals surface area contributed by atoms with Crippen LogP contribution in [0.5, 0.6) is 0 Å². The maximum absolute atomic E-state index is 12.8. The van der Waals surface area contributed by atoms with Crippen LogP contribution in [0.25, 0.3) is 21.8 Å². The van der Waals surface area contributed by atoms with Crippen LogP contribution in [0.3, 0.4) is 0 Å². The molecule has 3 heterocycles. The molecule has 2 aromatic carbocycles. The van der Waals surface area contributed by atoms with Crippen molar-refractivity contribution in [3.8, 4) is 0 Å². The number of aromatic amines is 2. The molecule has 130 valence electrons. The standard InChI is InChI=1S/C20H17BrN4O/c21-11-5-6-13-14(8-23-17(13)7-11)18-10-24-19(20(26)25-18)15-9-22-16-4-2-1-3-12(15)16/h1-9,18-19,22-24H,10H2,(H,25,26). The molecule has 1 aliphatic heterocycles. The number of para-hydroxylation sites is 1. The lowest BCUT2D eigenvalue weighted by atomic mass is 9.98. The molecule has 5 nitrogen and oxygen atoms in total. The second-order valence-electron chi connectivity index (χ2n) is 6.63. The van der Waals surface area contributed by atoms with Crippen LogP contribution >= 0.6 is 15.9 Å². The molecule has 4 aromatic rings. The van der Waals surface area contributed by atoms with E-state index in [0.717, 1.165) is 37.4 Å². The number of hydrogen-bond donors (Lipinski definition) is 4. The maximum atomic E-state index is 12.8. The minimum Gasteiger partial charge on any atom is -0.361 e. The van der Waals surface area contributed by atoms with Gasteiger partial charge in [-0.3, -0.25) is 10.1 Å². The van der Waals surface area contributed by atoms with Crippen LogP contribution in [-0.4, -0.2) is 22.4 Å². The average molecular weight is 409 g/mol. The Balaban J connectivity index is 1.44. The molecule has 5 rings (SSSR count). The van der Waals surface area contributed by atoms with Gasteiger partial charge in [-0.2, -0.15) is 0 Å². The van der Waals surface area contributed by atoms with Crippen LogP contribution in [0.15, 0.2) is 59.3 Å². The third-order valence-corrected chi connectivity index (χ3v) is 5.58. The summed E-state index contributed by atoms with van der Waals surface area (Å²) in [7, 11) is 0. The molecule has 26 heavy (non-hydrogen) atoms. The fraction of sp³-hybridized carbons (Fsp3) is 0.150. The molecular weight excluding hydrogens is 392 g/mol. The summed E-state index contributed by atoms with van der Waals surface area (Å²) in [5.41, 5.74) is 4.19. The zero-order chi connectivity index (χ0) is 17.7. The first-order valence-corrected chi connectivity index (χ1v) is 9.36. The first kappa shape index (κ1) is 15.7. The van der Waals surface area contributed by atoms with Crippen molar-refractivity contribution < 1.29 is 4.79 Å². The van der Waals surface area contributed by atoms with Crippen LogP contribution in [0.4, 0.5) is 0 Å². The summed E-state index contributed by atoms with van der Waals surface area (Å²) in [6, 6.07) is 13.8. The van der Waals surface area contributed by atoms with E-state index in [4.69, 9.17) is 0 Å². The predicted molar refractivity (Wildman–Crippen MR) is 106 cm³/mol. The predicted octanol–water partition coefficient (Wildman–Crippen LogP) is 3.91. The lowest BCUT2D eigenvalue weighted by Crippen LogP contribution is -2.49. The Morgan fingerprint density at radius 2 is 1.69 bits per heavy atom. The summed E-state index contributed by atoms with van der Waals surface area (Å²) in [5.74, 6) is -0.00235. The zero-order valence-corrected chi connectivity index (χ0v) is 15.4. The molecule has 1 fully saturated rings. The molecule has 0 bridgehead atoms. The van der Waals surface area contributed by atoms with E-state index in [-0.39, 0.29) is 18.0 Å². The molecule has 2 atom stereocenters. The van der Waals surface area contributed by atoms with E-state index >= 15 is 0 Å². The van der Waals surface area contributed by atoms with Crippen molar-refractivity contribution in [2.75, 3.05) is 6.54 Å². The summed E-state index contributed by atoms with van der Waals surface area (Å²) in [6.07, 6.45) is 3.90. The van der Waals surface area contributed by atoms with Gasteiger partial charge in [-0.15, -0.1) is 0 Å². The highest BCUT2D eigenvalue weighted by Crippen LogP contribution is 2.31. The van der Waals surface area contributed by atoms with E-state index < -0.39 is 0 Å². The smallest absolute Gasteiger partial charge is 0.242 e. The molecule has 1 aliphatic rings. The summed E-state index contributed by atoms with van der Waals surface area (Å²) >= 11 is 3.49. The van der Waals surface area contributed by atoms with Gasteiger partial charge in [0.15, 0.2) is 0 Å². The number of carbonyl (C=O) groups is 1. The number of carbonyl (C=O) groups excluding carboxylic acids is 1. The highest BCUT2D eigenvalue weighted by molar-refractivity contribution is 9.10. The number of nitrogens with one attached hydrogen (secondary N) is 4. The topological polar surface area (TPSA) is 72.7 Å². The van der Waals surface area contributed by atoms with E-state index in [2.05, 4.69) is 42.6 Å². The van der Waals surface area contributed by atoms with Gasteiger partial charge < -0.3 is 15.3 Å². The van der Waals surface area contributed by atoms with Crippen LogP contribution in [0.2, 0.25) is 0 Å². The minimum atomic E-state index is -0.346. The summed E-state index contributed by atoms with van der Waals surface area (Å²) in [6.45, 7) is 0.679. The van der Waals surface area contributed by atoms with Crippen molar-refractivity contribution in [2.24, 2.45) is 0 Å². The number of aromatic nitrogens is 2.